The molecule has 0 saturated heterocycles. The number of fused-ring (bicyclic) bond motifs is 1. The van der Waals surface area contributed by atoms with Gasteiger partial charge in [-0.25, -0.2) is 0 Å². The Balaban J connectivity index is 1.71. The minimum absolute atomic E-state index is 0.0907. The number of benzene rings is 1. The number of aryl methyl sites for hydroxylation is 1. The summed E-state index contributed by atoms with van der Waals surface area (Å²) in [5, 5.41) is 6.66. The second kappa shape index (κ2) is 6.08. The fraction of sp³-hybridized carbons (Fsp3) is 0.611. The van der Waals surface area contributed by atoms with E-state index in [1.807, 2.05) is 12.1 Å². The van der Waals surface area contributed by atoms with E-state index in [-0.39, 0.29) is 5.91 Å². The van der Waals surface area contributed by atoms with Crippen LogP contribution in [0.1, 0.15) is 55.5 Å². The Labute approximate surface area is 127 Å². The van der Waals surface area contributed by atoms with Gasteiger partial charge in [0.25, 0.3) is 5.91 Å². The molecule has 1 aliphatic heterocycles. The lowest BCUT2D eigenvalue weighted by Crippen LogP contribution is -2.40. The molecular weight excluding hydrogens is 260 g/mol. The summed E-state index contributed by atoms with van der Waals surface area (Å²) in [4.78, 5) is 12.6. The maximum Gasteiger partial charge on any atom is 0.253 e. The van der Waals surface area contributed by atoms with Crippen molar-refractivity contribution in [2.24, 2.45) is 11.8 Å². The summed E-state index contributed by atoms with van der Waals surface area (Å²) in [6.07, 6.45) is 5.66. The monoisotopic (exact) mass is 286 g/mol. The highest BCUT2D eigenvalue weighted by atomic mass is 16.1. The van der Waals surface area contributed by atoms with Gasteiger partial charge in [-0.15, -0.1) is 0 Å². The number of anilines is 1. The normalized spacial score (nSPS) is 28.4. The Morgan fingerprint density at radius 1 is 1.24 bits per heavy atom. The zero-order valence-electron chi connectivity index (χ0n) is 13.1. The van der Waals surface area contributed by atoms with Gasteiger partial charge < -0.3 is 10.6 Å². The largest absolute Gasteiger partial charge is 0.384 e. The molecule has 3 unspecified atom stereocenters. The van der Waals surface area contributed by atoms with Gasteiger partial charge >= 0.3 is 0 Å². The van der Waals surface area contributed by atoms with Crippen molar-refractivity contribution in [2.45, 2.75) is 52.0 Å². The molecule has 0 spiro atoms. The van der Waals surface area contributed by atoms with Crippen LogP contribution in [0.15, 0.2) is 18.2 Å². The molecule has 114 valence electrons. The Hall–Kier alpha value is -1.51. The second-order valence-electron chi connectivity index (χ2n) is 6.81. The van der Waals surface area contributed by atoms with Crippen LogP contribution in [0, 0.1) is 11.8 Å². The third-order valence-electron chi connectivity index (χ3n) is 5.25. The number of para-hydroxylation sites is 1. The Morgan fingerprint density at radius 3 is 2.90 bits per heavy atom. The molecule has 21 heavy (non-hydrogen) atoms. The van der Waals surface area contributed by atoms with Crippen molar-refractivity contribution in [3.05, 3.63) is 29.3 Å². The molecule has 3 atom stereocenters. The van der Waals surface area contributed by atoms with Gasteiger partial charge in [0.15, 0.2) is 0 Å². The Kier molecular flexibility index (Phi) is 4.18. The molecule has 1 aliphatic carbocycles. The van der Waals surface area contributed by atoms with Crippen LogP contribution >= 0.6 is 0 Å². The average Bonchev–Trinajstić information content (AvgIpc) is 2.50. The minimum atomic E-state index is 0.0907. The molecule has 0 bridgehead atoms. The Morgan fingerprint density at radius 2 is 2.10 bits per heavy atom. The first-order chi connectivity index (χ1) is 10.1. The zero-order chi connectivity index (χ0) is 14.8. The molecule has 1 amide bonds. The van der Waals surface area contributed by atoms with E-state index in [0.717, 1.165) is 49.4 Å². The lowest BCUT2D eigenvalue weighted by atomic mass is 9.79. The van der Waals surface area contributed by atoms with E-state index in [0.29, 0.717) is 12.0 Å². The second-order valence-corrected chi connectivity index (χ2v) is 6.81. The maximum atomic E-state index is 12.6. The van der Waals surface area contributed by atoms with E-state index >= 15 is 0 Å². The van der Waals surface area contributed by atoms with Crippen LogP contribution in [0.2, 0.25) is 0 Å². The van der Waals surface area contributed by atoms with E-state index < -0.39 is 0 Å². The fourth-order valence-electron chi connectivity index (χ4n) is 3.64. The zero-order valence-corrected chi connectivity index (χ0v) is 13.1. The summed E-state index contributed by atoms with van der Waals surface area (Å²) in [5.74, 6) is 1.57. The van der Waals surface area contributed by atoms with Gasteiger partial charge in [-0.3, -0.25) is 4.79 Å². The van der Waals surface area contributed by atoms with Crippen molar-refractivity contribution >= 4 is 11.6 Å². The van der Waals surface area contributed by atoms with Gasteiger partial charge in [0.1, 0.15) is 0 Å². The van der Waals surface area contributed by atoms with Crippen LogP contribution in [0.3, 0.4) is 0 Å². The summed E-state index contributed by atoms with van der Waals surface area (Å²) in [7, 11) is 0. The van der Waals surface area contributed by atoms with Crippen LogP contribution in [-0.4, -0.2) is 18.5 Å². The van der Waals surface area contributed by atoms with E-state index in [1.165, 1.54) is 12.0 Å². The molecule has 3 rings (SSSR count). The van der Waals surface area contributed by atoms with E-state index in [1.54, 1.807) is 0 Å². The van der Waals surface area contributed by atoms with Crippen LogP contribution in [0.5, 0.6) is 0 Å². The molecule has 3 heteroatoms. The smallest absolute Gasteiger partial charge is 0.253 e. The lowest BCUT2D eigenvalue weighted by molar-refractivity contribution is 0.0911. The van der Waals surface area contributed by atoms with Gasteiger partial charge in [0.2, 0.25) is 0 Å². The molecule has 1 aromatic rings. The summed E-state index contributed by atoms with van der Waals surface area (Å²) in [5.41, 5.74) is 3.15. The number of amides is 1. The van der Waals surface area contributed by atoms with Crippen molar-refractivity contribution in [2.75, 3.05) is 11.9 Å². The average molecular weight is 286 g/mol. The van der Waals surface area contributed by atoms with Gasteiger partial charge in [-0.2, -0.15) is 0 Å². The summed E-state index contributed by atoms with van der Waals surface area (Å²) < 4.78 is 0. The SMILES string of the molecule is CC1CCC(NC(=O)c2cccc3c2NCCC3)CC1C. The van der Waals surface area contributed by atoms with Crippen molar-refractivity contribution < 1.29 is 4.79 Å². The van der Waals surface area contributed by atoms with Crippen LogP contribution in [-0.2, 0) is 6.42 Å². The first-order valence-corrected chi connectivity index (χ1v) is 8.31. The predicted octanol–water partition coefficient (Wildman–Crippen LogP) is 3.60. The molecule has 1 saturated carbocycles. The van der Waals surface area contributed by atoms with Crippen LogP contribution in [0.4, 0.5) is 5.69 Å². The third-order valence-corrected chi connectivity index (χ3v) is 5.25. The summed E-state index contributed by atoms with van der Waals surface area (Å²) >= 11 is 0. The number of carbonyl (C=O) groups is 1. The molecule has 2 aliphatic rings. The van der Waals surface area contributed by atoms with Crippen LogP contribution in [0.25, 0.3) is 0 Å². The van der Waals surface area contributed by atoms with Gasteiger partial charge in [-0.05, 0) is 55.6 Å². The topological polar surface area (TPSA) is 41.1 Å². The quantitative estimate of drug-likeness (QED) is 0.872. The molecule has 1 aromatic carbocycles. The van der Waals surface area contributed by atoms with Crippen molar-refractivity contribution in [3.63, 3.8) is 0 Å². The third kappa shape index (κ3) is 3.07. The highest BCUT2D eigenvalue weighted by Crippen LogP contribution is 2.30. The lowest BCUT2D eigenvalue weighted by Gasteiger charge is -2.32. The molecule has 0 aromatic heterocycles. The number of nitrogens with one attached hydrogen (secondary N) is 2. The highest BCUT2D eigenvalue weighted by Gasteiger charge is 2.26. The summed E-state index contributed by atoms with van der Waals surface area (Å²) in [6.45, 7) is 5.59. The van der Waals surface area contributed by atoms with Gasteiger partial charge in [0, 0.05) is 12.6 Å². The molecule has 1 fully saturated rings. The number of carbonyl (C=O) groups excluding carboxylic acids is 1. The maximum absolute atomic E-state index is 12.6. The van der Waals surface area contributed by atoms with Crippen molar-refractivity contribution in [3.8, 4) is 0 Å². The first kappa shape index (κ1) is 14.4. The Bertz CT molecular complexity index is 526. The first-order valence-electron chi connectivity index (χ1n) is 8.31. The number of hydrogen-bond donors (Lipinski definition) is 2. The van der Waals surface area contributed by atoms with E-state index in [2.05, 4.69) is 30.5 Å². The van der Waals surface area contributed by atoms with E-state index in [4.69, 9.17) is 0 Å². The standard InChI is InChI=1S/C18H26N2O/c1-12-8-9-15(11-13(12)2)20-18(21)16-7-3-5-14-6-4-10-19-17(14)16/h3,5,7,12-13,15,19H,4,6,8-11H2,1-2H3,(H,20,21). The summed E-state index contributed by atoms with van der Waals surface area (Å²) in [6, 6.07) is 6.42. The minimum Gasteiger partial charge on any atom is -0.384 e. The number of hydrogen-bond acceptors (Lipinski definition) is 2. The van der Waals surface area contributed by atoms with Crippen LogP contribution < -0.4 is 10.6 Å². The van der Waals surface area contributed by atoms with Crippen molar-refractivity contribution in [1.29, 1.82) is 0 Å². The van der Waals surface area contributed by atoms with E-state index in [9.17, 15) is 4.79 Å². The van der Waals surface area contributed by atoms with Gasteiger partial charge in [0.05, 0.1) is 11.3 Å². The molecule has 1 heterocycles. The molecule has 2 N–H and O–H groups in total. The van der Waals surface area contributed by atoms with Crippen molar-refractivity contribution in [1.82, 2.24) is 5.32 Å². The fourth-order valence-corrected chi connectivity index (χ4v) is 3.64. The predicted molar refractivity (Wildman–Crippen MR) is 86.7 cm³/mol. The molecule has 3 nitrogen and oxygen atoms in total. The van der Waals surface area contributed by atoms with Gasteiger partial charge in [-0.1, -0.05) is 26.0 Å². The highest BCUT2D eigenvalue weighted by molar-refractivity contribution is 6.00. The number of rotatable bonds is 2. The molecular formula is C18H26N2O. The molecule has 0 radical (unpaired) electrons.